The molecule has 1 aromatic heterocycles. The Morgan fingerprint density at radius 3 is 2.85 bits per heavy atom. The summed E-state index contributed by atoms with van der Waals surface area (Å²) < 4.78 is 6.40. The number of aromatic nitrogens is 3. The molecule has 1 unspecified atom stereocenters. The van der Waals surface area contributed by atoms with E-state index in [2.05, 4.69) is 10.3 Å². The number of carbonyl (C=O) groups is 1. The van der Waals surface area contributed by atoms with Crippen LogP contribution in [-0.2, 0) is 9.53 Å². The number of nitrogens with zero attached hydrogens (tertiary/aromatic N) is 3. The summed E-state index contributed by atoms with van der Waals surface area (Å²) in [7, 11) is 0. The van der Waals surface area contributed by atoms with Crippen molar-refractivity contribution in [1.29, 1.82) is 0 Å². The van der Waals surface area contributed by atoms with E-state index >= 15 is 0 Å². The van der Waals surface area contributed by atoms with Gasteiger partial charge in [-0.25, -0.2) is 9.48 Å². The minimum absolute atomic E-state index is 0.254. The van der Waals surface area contributed by atoms with Crippen molar-refractivity contribution in [1.82, 2.24) is 15.0 Å². The lowest BCUT2D eigenvalue weighted by molar-refractivity contribution is -0.147. The van der Waals surface area contributed by atoms with E-state index in [4.69, 9.17) is 4.74 Å². The lowest BCUT2D eigenvalue weighted by atomic mass is 10.2. The Morgan fingerprint density at radius 2 is 2.38 bits per heavy atom. The van der Waals surface area contributed by atoms with Crippen molar-refractivity contribution < 1.29 is 9.53 Å². The summed E-state index contributed by atoms with van der Waals surface area (Å²) in [6, 6.07) is -0.345. The Balaban J connectivity index is 2.68. The summed E-state index contributed by atoms with van der Waals surface area (Å²) in [6.07, 6.45) is 3.86. The molecule has 13 heavy (non-hydrogen) atoms. The van der Waals surface area contributed by atoms with E-state index < -0.39 is 0 Å². The van der Waals surface area contributed by atoms with Crippen LogP contribution < -0.4 is 0 Å². The number of hydrogen-bond donors (Lipinski definition) is 0. The van der Waals surface area contributed by atoms with Crippen LogP contribution in [-0.4, -0.2) is 27.6 Å². The largest absolute Gasteiger partial charge is 0.464 e. The summed E-state index contributed by atoms with van der Waals surface area (Å²) in [5, 5.41) is 7.40. The van der Waals surface area contributed by atoms with Gasteiger partial charge in [0.2, 0.25) is 0 Å². The highest BCUT2D eigenvalue weighted by molar-refractivity contribution is 5.73. The normalized spacial score (nSPS) is 12.5. The van der Waals surface area contributed by atoms with Crippen LogP contribution in [0.3, 0.4) is 0 Å². The number of ether oxygens (including phenoxy) is 1. The fourth-order valence-electron chi connectivity index (χ4n) is 1.08. The molecule has 0 amide bonds. The third kappa shape index (κ3) is 2.27. The lowest BCUT2D eigenvalue weighted by Crippen LogP contribution is -2.21. The topological polar surface area (TPSA) is 57.0 Å². The van der Waals surface area contributed by atoms with Gasteiger partial charge in [-0.1, -0.05) is 12.1 Å². The zero-order valence-electron chi connectivity index (χ0n) is 7.80. The molecule has 1 heterocycles. The molecule has 0 aliphatic carbocycles. The fourth-order valence-corrected chi connectivity index (χ4v) is 1.08. The van der Waals surface area contributed by atoms with Crippen LogP contribution in [0.1, 0.15) is 26.3 Å². The minimum Gasteiger partial charge on any atom is -0.464 e. The van der Waals surface area contributed by atoms with Gasteiger partial charge in [0, 0.05) is 6.20 Å². The molecule has 0 aromatic carbocycles. The monoisotopic (exact) mass is 183 g/mol. The van der Waals surface area contributed by atoms with Gasteiger partial charge < -0.3 is 4.74 Å². The quantitative estimate of drug-likeness (QED) is 0.647. The van der Waals surface area contributed by atoms with E-state index in [0.29, 0.717) is 13.0 Å². The molecule has 5 heteroatoms. The Morgan fingerprint density at radius 1 is 1.62 bits per heavy atom. The van der Waals surface area contributed by atoms with Crippen LogP contribution in [0.5, 0.6) is 0 Å². The molecular weight excluding hydrogens is 170 g/mol. The average Bonchev–Trinajstić information content (AvgIpc) is 2.59. The van der Waals surface area contributed by atoms with Gasteiger partial charge in [0.05, 0.1) is 12.8 Å². The van der Waals surface area contributed by atoms with Gasteiger partial charge in [-0.3, -0.25) is 0 Å². The second-order valence-electron chi connectivity index (χ2n) is 2.56. The predicted molar refractivity (Wildman–Crippen MR) is 46.0 cm³/mol. The third-order valence-electron chi connectivity index (χ3n) is 1.71. The molecule has 1 aromatic rings. The molecule has 0 saturated carbocycles. The SMILES string of the molecule is CCOC(=O)C(CC)n1ccnn1. The van der Waals surface area contributed by atoms with Crippen LogP contribution >= 0.6 is 0 Å². The second-order valence-corrected chi connectivity index (χ2v) is 2.56. The molecule has 0 bridgehead atoms. The third-order valence-corrected chi connectivity index (χ3v) is 1.71. The summed E-state index contributed by atoms with van der Waals surface area (Å²) in [4.78, 5) is 11.4. The van der Waals surface area contributed by atoms with Crippen LogP contribution in [0.15, 0.2) is 12.4 Å². The summed E-state index contributed by atoms with van der Waals surface area (Å²) in [6.45, 7) is 4.08. The van der Waals surface area contributed by atoms with Gasteiger partial charge in [-0.15, -0.1) is 5.10 Å². The maximum atomic E-state index is 11.4. The van der Waals surface area contributed by atoms with E-state index in [-0.39, 0.29) is 12.0 Å². The molecule has 0 fully saturated rings. The first-order valence-corrected chi connectivity index (χ1v) is 4.32. The van der Waals surface area contributed by atoms with E-state index in [1.54, 1.807) is 19.3 Å². The molecule has 0 aliphatic rings. The van der Waals surface area contributed by atoms with Crippen molar-refractivity contribution in [2.24, 2.45) is 0 Å². The van der Waals surface area contributed by atoms with E-state index in [1.165, 1.54) is 4.68 Å². The van der Waals surface area contributed by atoms with Gasteiger partial charge in [-0.05, 0) is 13.3 Å². The van der Waals surface area contributed by atoms with Gasteiger partial charge >= 0.3 is 5.97 Å². The first-order valence-electron chi connectivity index (χ1n) is 4.32. The predicted octanol–water partition coefficient (Wildman–Crippen LogP) is 0.792. The summed E-state index contributed by atoms with van der Waals surface area (Å²) in [5.41, 5.74) is 0. The lowest BCUT2D eigenvalue weighted by Gasteiger charge is -2.12. The fraction of sp³-hybridized carbons (Fsp3) is 0.625. The van der Waals surface area contributed by atoms with Crippen LogP contribution in [0.2, 0.25) is 0 Å². The maximum Gasteiger partial charge on any atom is 0.330 e. The maximum absolute atomic E-state index is 11.4. The van der Waals surface area contributed by atoms with E-state index in [0.717, 1.165) is 0 Å². The molecule has 0 spiro atoms. The molecule has 0 saturated heterocycles. The number of carbonyl (C=O) groups excluding carboxylic acids is 1. The van der Waals surface area contributed by atoms with Crippen LogP contribution in [0.25, 0.3) is 0 Å². The summed E-state index contributed by atoms with van der Waals surface area (Å²) >= 11 is 0. The Bertz CT molecular complexity index is 258. The number of esters is 1. The minimum atomic E-state index is -0.345. The van der Waals surface area contributed by atoms with Crippen molar-refractivity contribution in [3.8, 4) is 0 Å². The number of rotatable bonds is 4. The van der Waals surface area contributed by atoms with Gasteiger partial charge in [-0.2, -0.15) is 0 Å². The molecule has 0 aliphatic heterocycles. The van der Waals surface area contributed by atoms with Crippen molar-refractivity contribution >= 4 is 5.97 Å². The first kappa shape index (κ1) is 9.70. The van der Waals surface area contributed by atoms with E-state index in [1.807, 2.05) is 6.92 Å². The van der Waals surface area contributed by atoms with Crippen LogP contribution in [0, 0.1) is 0 Å². The molecule has 1 atom stereocenters. The van der Waals surface area contributed by atoms with Crippen LogP contribution in [0.4, 0.5) is 0 Å². The smallest absolute Gasteiger partial charge is 0.330 e. The molecule has 0 N–H and O–H groups in total. The number of hydrogen-bond acceptors (Lipinski definition) is 4. The van der Waals surface area contributed by atoms with Gasteiger partial charge in [0.25, 0.3) is 0 Å². The standard InChI is InChI=1S/C8H13N3O2/c1-3-7(8(12)13-4-2)11-6-5-9-10-11/h5-7H,3-4H2,1-2H3. The van der Waals surface area contributed by atoms with Crippen molar-refractivity contribution in [3.05, 3.63) is 12.4 Å². The Hall–Kier alpha value is -1.39. The molecule has 0 radical (unpaired) electrons. The van der Waals surface area contributed by atoms with Gasteiger partial charge in [0.15, 0.2) is 6.04 Å². The highest BCUT2D eigenvalue weighted by Gasteiger charge is 2.19. The zero-order valence-corrected chi connectivity index (χ0v) is 7.80. The highest BCUT2D eigenvalue weighted by atomic mass is 16.5. The molecule has 72 valence electrons. The second kappa shape index (κ2) is 4.59. The first-order chi connectivity index (χ1) is 6.29. The summed E-state index contributed by atoms with van der Waals surface area (Å²) in [5.74, 6) is -0.254. The molecular formula is C8H13N3O2. The molecule has 1 rings (SSSR count). The van der Waals surface area contributed by atoms with Gasteiger partial charge in [0.1, 0.15) is 0 Å². The van der Waals surface area contributed by atoms with E-state index in [9.17, 15) is 4.79 Å². The van der Waals surface area contributed by atoms with Crippen molar-refractivity contribution in [3.63, 3.8) is 0 Å². The Labute approximate surface area is 76.7 Å². The Kier molecular flexibility index (Phi) is 3.42. The van der Waals surface area contributed by atoms with Crippen molar-refractivity contribution in [2.75, 3.05) is 6.61 Å². The zero-order chi connectivity index (χ0) is 9.68. The average molecular weight is 183 g/mol. The van der Waals surface area contributed by atoms with Crippen molar-refractivity contribution in [2.45, 2.75) is 26.3 Å². The highest BCUT2D eigenvalue weighted by Crippen LogP contribution is 2.10. The molecule has 5 nitrogen and oxygen atoms in total.